The van der Waals surface area contributed by atoms with E-state index >= 15 is 0 Å². The molecule has 0 saturated heterocycles. The Hall–Kier alpha value is -4.71. The number of rotatable bonds is 10. The molecule has 12 heteroatoms. The van der Waals surface area contributed by atoms with E-state index in [2.05, 4.69) is 37.8 Å². The molecule has 0 spiro atoms. The number of amides is 2. The highest BCUT2D eigenvalue weighted by Crippen LogP contribution is 2.39. The molecule has 3 heterocycles. The van der Waals surface area contributed by atoms with E-state index in [1.165, 1.54) is 19.2 Å². The van der Waals surface area contributed by atoms with E-state index < -0.39 is 11.7 Å². The number of carbonyl (C=O) groups is 2. The molecule has 0 fully saturated rings. The second-order valence-corrected chi connectivity index (χ2v) is 9.85. The lowest BCUT2D eigenvalue weighted by Gasteiger charge is -2.23. The number of aromatic nitrogens is 3. The first-order chi connectivity index (χ1) is 19.8. The van der Waals surface area contributed by atoms with Gasteiger partial charge in [-0.15, -0.1) is 0 Å². The van der Waals surface area contributed by atoms with Gasteiger partial charge in [-0.2, -0.15) is 4.98 Å². The van der Waals surface area contributed by atoms with Gasteiger partial charge in [0.15, 0.2) is 0 Å². The highest BCUT2D eigenvalue weighted by atomic mass is 19.1. The maximum Gasteiger partial charge on any atom is 0.256 e. The van der Waals surface area contributed by atoms with E-state index in [1.54, 1.807) is 25.4 Å². The Bertz CT molecular complexity index is 1560. The molecule has 0 aromatic heterocycles. The topological polar surface area (TPSA) is 128 Å². The van der Waals surface area contributed by atoms with E-state index in [-0.39, 0.29) is 17.2 Å². The number of hydrogen-bond acceptors (Lipinski definition) is 8. The first-order valence-corrected chi connectivity index (χ1v) is 13.4. The van der Waals surface area contributed by atoms with Crippen LogP contribution in [0.1, 0.15) is 29.3 Å². The van der Waals surface area contributed by atoms with Crippen molar-refractivity contribution < 1.29 is 18.7 Å². The zero-order valence-electron chi connectivity index (χ0n) is 23.5. The smallest absolute Gasteiger partial charge is 0.256 e. The van der Waals surface area contributed by atoms with Gasteiger partial charge < -0.3 is 30.6 Å². The molecule has 0 saturated carbocycles. The monoisotopic (exact) mass is 560 g/mol. The van der Waals surface area contributed by atoms with Gasteiger partial charge in [0.25, 0.3) is 5.91 Å². The van der Waals surface area contributed by atoms with Crippen molar-refractivity contribution in [1.82, 2.24) is 25.2 Å². The molecule has 2 amide bonds. The third-order valence-corrected chi connectivity index (χ3v) is 7.00. The number of halogens is 1. The summed E-state index contributed by atoms with van der Waals surface area (Å²) in [5, 5.41) is 8.84. The maximum absolute atomic E-state index is 14.6. The molecule has 0 radical (unpaired) electrons. The molecule has 0 unspecified atom stereocenters. The average Bonchev–Trinajstić information content (AvgIpc) is 3.59. The van der Waals surface area contributed by atoms with E-state index in [0.29, 0.717) is 47.7 Å². The average molecular weight is 561 g/mol. The highest BCUT2D eigenvalue weighted by molar-refractivity contribution is 6.01. The summed E-state index contributed by atoms with van der Waals surface area (Å²) >= 11 is 0. The molecule has 214 valence electrons. The van der Waals surface area contributed by atoms with Gasteiger partial charge in [-0.3, -0.25) is 14.5 Å². The number of methoxy groups -OCH3 is 1. The predicted octanol–water partition coefficient (Wildman–Crippen LogP) is 4.13. The van der Waals surface area contributed by atoms with Crippen LogP contribution in [0.15, 0.2) is 42.6 Å². The van der Waals surface area contributed by atoms with Crippen molar-refractivity contribution in [3.63, 3.8) is 0 Å². The van der Waals surface area contributed by atoms with Gasteiger partial charge in [0.1, 0.15) is 23.2 Å². The van der Waals surface area contributed by atoms with Crippen molar-refractivity contribution >= 4 is 40.6 Å². The minimum absolute atomic E-state index is 0.0383. The Kier molecular flexibility index (Phi) is 8.02. The van der Waals surface area contributed by atoms with Crippen molar-refractivity contribution in [2.45, 2.75) is 19.8 Å². The minimum Gasteiger partial charge on any atom is -0.495 e. The zero-order valence-corrected chi connectivity index (χ0v) is 23.5. The minimum atomic E-state index is -0.657. The molecule has 11 nitrogen and oxygen atoms in total. The van der Waals surface area contributed by atoms with Gasteiger partial charge in [0, 0.05) is 25.5 Å². The van der Waals surface area contributed by atoms with Gasteiger partial charge in [-0.1, -0.05) is 13.0 Å². The lowest BCUT2D eigenvalue weighted by molar-refractivity contribution is -0.119. The van der Waals surface area contributed by atoms with E-state index in [1.807, 2.05) is 29.0 Å². The third-order valence-electron chi connectivity index (χ3n) is 7.00. The molecule has 3 aliphatic heterocycles. The summed E-state index contributed by atoms with van der Waals surface area (Å²) < 4.78 is 20.3. The van der Waals surface area contributed by atoms with Gasteiger partial charge >= 0.3 is 0 Å². The molecular formula is C29H33FN8O3. The molecule has 3 aliphatic rings. The van der Waals surface area contributed by atoms with Crippen molar-refractivity contribution in [2.24, 2.45) is 0 Å². The van der Waals surface area contributed by atoms with Gasteiger partial charge in [0.05, 0.1) is 36.2 Å². The van der Waals surface area contributed by atoms with Crippen LogP contribution in [0.5, 0.6) is 5.75 Å². The van der Waals surface area contributed by atoms with E-state index in [9.17, 15) is 14.0 Å². The number of anilines is 5. The summed E-state index contributed by atoms with van der Waals surface area (Å²) in [5.74, 6) is 0.628. The fourth-order valence-electron chi connectivity index (χ4n) is 5.05. The standard InChI is InChI=1S/C29H33FN8O3/c1-5-12-37(3)16-24(39)38-13-10-17-14-23(41-4)21(15-22(17)38)34-29-35-26-18(9-11-32-26)27(36-29)33-20-8-6-7-19(30)25(20)28(40)31-2/h6-9,11,14-15H,5,10,12-13,16H2,1-4H3,(H,31,40)(H3,32,33,34,35,36). The first-order valence-electron chi connectivity index (χ1n) is 13.4. The Morgan fingerprint density at radius 1 is 1.20 bits per heavy atom. The fourth-order valence-corrected chi connectivity index (χ4v) is 5.05. The van der Waals surface area contributed by atoms with E-state index in [0.717, 1.165) is 30.6 Å². The van der Waals surface area contributed by atoms with Crippen LogP contribution in [0.25, 0.3) is 11.4 Å². The number of H-pyrrole nitrogens is 1. The summed E-state index contributed by atoms with van der Waals surface area (Å²) in [6.45, 7) is 3.87. The molecule has 2 aromatic rings. The summed E-state index contributed by atoms with van der Waals surface area (Å²) in [6, 6.07) is 9.93. The number of ether oxygens (including phenoxy) is 1. The highest BCUT2D eigenvalue weighted by Gasteiger charge is 2.28. The number of aromatic amines is 1. The predicted molar refractivity (Wildman–Crippen MR) is 156 cm³/mol. The first kappa shape index (κ1) is 27.8. The summed E-state index contributed by atoms with van der Waals surface area (Å²) in [7, 11) is 4.97. The van der Waals surface area contributed by atoms with Crippen molar-refractivity contribution in [2.75, 3.05) is 56.4 Å². The van der Waals surface area contributed by atoms with Crippen LogP contribution < -0.4 is 25.6 Å². The summed E-state index contributed by atoms with van der Waals surface area (Å²) in [4.78, 5) is 41.6. The molecule has 0 bridgehead atoms. The van der Waals surface area contributed by atoms with Crippen LogP contribution in [0.4, 0.5) is 33.2 Å². The zero-order chi connectivity index (χ0) is 29.1. The van der Waals surface area contributed by atoms with Crippen molar-refractivity contribution in [1.29, 1.82) is 0 Å². The number of benzene rings is 2. The second kappa shape index (κ2) is 11.8. The molecule has 0 aliphatic carbocycles. The largest absolute Gasteiger partial charge is 0.495 e. The van der Waals surface area contributed by atoms with E-state index in [4.69, 9.17) is 4.74 Å². The van der Waals surface area contributed by atoms with Crippen LogP contribution in [0.3, 0.4) is 0 Å². The summed E-state index contributed by atoms with van der Waals surface area (Å²) in [5.41, 5.74) is 3.24. The Labute approximate surface area is 237 Å². The quantitative estimate of drug-likeness (QED) is 0.228. The molecule has 5 rings (SSSR count). The second-order valence-electron chi connectivity index (χ2n) is 9.85. The molecule has 4 N–H and O–H groups in total. The Balaban J connectivity index is 1.48. The summed E-state index contributed by atoms with van der Waals surface area (Å²) in [6.07, 6.45) is 3.33. The number of fused-ring (bicyclic) bond motifs is 2. The number of hydrogen-bond donors (Lipinski definition) is 4. The van der Waals surface area contributed by atoms with Crippen molar-refractivity contribution in [3.8, 4) is 17.1 Å². The van der Waals surface area contributed by atoms with Crippen LogP contribution in [0.2, 0.25) is 0 Å². The SMILES string of the molecule is CCCN(C)CC(=O)N1CCc2cc(OC)c(Nc3nc(Nc4cccc(F)c4C(=O)NC)c4ccnc-4[nH]3)cc21. The Morgan fingerprint density at radius 2 is 2.02 bits per heavy atom. The van der Waals surface area contributed by atoms with Gasteiger partial charge in [-0.25, -0.2) is 9.37 Å². The van der Waals surface area contributed by atoms with Crippen LogP contribution in [0, 0.1) is 5.82 Å². The normalized spacial score (nSPS) is 12.5. The van der Waals surface area contributed by atoms with Crippen LogP contribution in [-0.2, 0) is 11.2 Å². The number of nitrogens with one attached hydrogen (secondary N) is 4. The van der Waals surface area contributed by atoms with Gasteiger partial charge in [-0.05, 0) is 62.3 Å². The molecule has 0 atom stereocenters. The number of nitrogens with zero attached hydrogens (tertiary/aromatic N) is 4. The van der Waals surface area contributed by atoms with Gasteiger partial charge in [0.2, 0.25) is 11.9 Å². The fraction of sp³-hybridized carbons (Fsp3) is 0.310. The molecule has 41 heavy (non-hydrogen) atoms. The maximum atomic E-state index is 14.6. The lowest BCUT2D eigenvalue weighted by atomic mass is 10.1. The number of carbonyl (C=O) groups excluding carboxylic acids is 2. The third kappa shape index (κ3) is 5.64. The van der Waals surface area contributed by atoms with Crippen LogP contribution in [-0.4, -0.2) is 72.5 Å². The number of likely N-dealkylation sites (N-methyl/N-ethyl adjacent to an activating group) is 1. The molecular weight excluding hydrogens is 527 g/mol. The van der Waals surface area contributed by atoms with Crippen LogP contribution >= 0.6 is 0 Å². The Morgan fingerprint density at radius 3 is 2.78 bits per heavy atom. The molecule has 2 aromatic carbocycles. The lowest BCUT2D eigenvalue weighted by Crippen LogP contribution is -2.38. The van der Waals surface area contributed by atoms with Crippen molar-refractivity contribution in [3.05, 3.63) is 59.5 Å².